The Hall–Kier alpha value is -1.28. The van der Waals surface area contributed by atoms with Crippen LogP contribution in [0.5, 0.6) is 0 Å². The van der Waals surface area contributed by atoms with Crippen LogP contribution in [-0.4, -0.2) is 8.80 Å². The van der Waals surface area contributed by atoms with E-state index in [1.807, 2.05) is 0 Å². The molecule has 0 aliphatic rings. The van der Waals surface area contributed by atoms with Crippen molar-refractivity contribution in [2.75, 3.05) is 0 Å². The molecule has 0 fully saturated rings. The third-order valence-corrected chi connectivity index (χ3v) is 10.4. The van der Waals surface area contributed by atoms with Crippen LogP contribution in [0.4, 0.5) is 0 Å². The Balaban J connectivity index is 0.00000320. The molecule has 2 heteroatoms. The summed E-state index contributed by atoms with van der Waals surface area (Å²) < 4.78 is 0. The largest absolute Gasteiger partial charge is 3.00 e. The molecule has 3 rings (SSSR count). The monoisotopic (exact) mass is 479 g/mol. The Bertz CT molecular complexity index is 978. The molecule has 0 nitrogen and oxygen atoms in total. The molecule has 0 amide bonds. The molecule has 0 aliphatic carbocycles. The maximum Gasteiger partial charge on any atom is 3.00 e. The van der Waals surface area contributed by atoms with Crippen molar-refractivity contribution in [2.24, 2.45) is 0 Å². The summed E-state index contributed by atoms with van der Waals surface area (Å²) in [4.78, 5) is 0. The minimum absolute atomic E-state index is 0. The van der Waals surface area contributed by atoms with E-state index in [1.165, 1.54) is 50.6 Å². The molecule has 0 saturated carbocycles. The Labute approximate surface area is 215 Å². The molecule has 171 valence electrons. The predicted molar refractivity (Wildman–Crippen MR) is 145 cm³/mol. The van der Waals surface area contributed by atoms with Gasteiger partial charge in [0.1, 0.15) is 8.80 Å². The van der Waals surface area contributed by atoms with Crippen molar-refractivity contribution in [3.63, 3.8) is 0 Å². The fourth-order valence-corrected chi connectivity index (χ4v) is 8.46. The minimum Gasteiger partial charge on any atom is -0.358 e. The van der Waals surface area contributed by atoms with Gasteiger partial charge in [-0.05, 0) is 43.9 Å². The molecule has 0 bridgehead atoms. The van der Waals surface area contributed by atoms with E-state index in [0.29, 0.717) is 0 Å². The van der Waals surface area contributed by atoms with Crippen LogP contribution in [0.25, 0.3) is 0 Å². The van der Waals surface area contributed by atoms with Crippen molar-refractivity contribution in [2.45, 2.75) is 74.3 Å². The van der Waals surface area contributed by atoms with Crippen LogP contribution in [0.15, 0.2) is 36.4 Å². The van der Waals surface area contributed by atoms with Gasteiger partial charge >= 0.3 is 21.7 Å². The van der Waals surface area contributed by atoms with Crippen molar-refractivity contribution in [1.82, 2.24) is 0 Å². The van der Waals surface area contributed by atoms with Gasteiger partial charge in [0.05, 0.1) is 0 Å². The second kappa shape index (κ2) is 12.8. The summed E-state index contributed by atoms with van der Waals surface area (Å²) in [6, 6.07) is 15.8. The molecule has 0 aliphatic heterocycles. The minimum atomic E-state index is -1.38. The zero-order chi connectivity index (χ0) is 21.3. The average Bonchev–Trinajstić information content (AvgIpc) is 2.89. The molecular weight excluding hydrogens is 436 g/mol. The second-order valence-corrected chi connectivity index (χ2v) is 11.7. The molecule has 0 spiro atoms. The molecule has 1 atom stereocenters. The third-order valence-electron chi connectivity index (χ3n) is 7.10. The number of aryl methyl sites for hydroxylation is 4. The molecule has 0 saturated heterocycles. The number of rotatable bonds is 6. The summed E-state index contributed by atoms with van der Waals surface area (Å²) in [6.07, 6.45) is 2.23. The summed E-state index contributed by atoms with van der Waals surface area (Å²) in [5.74, 6) is 0. The van der Waals surface area contributed by atoms with Gasteiger partial charge in [-0.1, -0.05) is 99.4 Å². The molecule has 0 aromatic heterocycles. The Kier molecular flexibility index (Phi) is 12.3. The zero-order valence-electron chi connectivity index (χ0n) is 22.2. The maximum absolute atomic E-state index is 2.52. The van der Waals surface area contributed by atoms with Crippen molar-refractivity contribution in [3.05, 3.63) is 101 Å². The first-order chi connectivity index (χ1) is 13.8. The fourth-order valence-electron chi connectivity index (χ4n) is 4.83. The average molecular weight is 480 g/mol. The van der Waals surface area contributed by atoms with E-state index in [1.54, 1.807) is 15.9 Å². The van der Waals surface area contributed by atoms with Gasteiger partial charge in [-0.15, -0.1) is 0 Å². The molecular formula is C30H43SiTi. The molecule has 1 radical (unpaired) electrons. The van der Waals surface area contributed by atoms with Crippen LogP contribution in [0, 0.1) is 56.4 Å². The van der Waals surface area contributed by atoms with E-state index in [2.05, 4.69) is 91.8 Å². The molecule has 1 unspecified atom stereocenters. The van der Waals surface area contributed by atoms with Gasteiger partial charge < -0.3 is 14.9 Å². The molecule has 3 aromatic rings. The predicted octanol–water partition coefficient (Wildman–Crippen LogP) is 6.40. The summed E-state index contributed by atoms with van der Waals surface area (Å²) in [7, 11) is -1.38. The Morgan fingerprint density at radius 1 is 0.781 bits per heavy atom. The third kappa shape index (κ3) is 6.19. The van der Waals surface area contributed by atoms with E-state index >= 15 is 0 Å². The van der Waals surface area contributed by atoms with E-state index in [9.17, 15) is 0 Å². The van der Waals surface area contributed by atoms with E-state index in [4.69, 9.17) is 0 Å². The van der Waals surface area contributed by atoms with Crippen LogP contribution in [-0.2, 0) is 40.6 Å². The number of hydrogen-bond donors (Lipinski definition) is 0. The smallest absolute Gasteiger partial charge is 0.358 e. The van der Waals surface area contributed by atoms with Crippen LogP contribution in [0.2, 0.25) is 0 Å². The van der Waals surface area contributed by atoms with Gasteiger partial charge in [-0.25, -0.2) is 0 Å². The molecule has 0 N–H and O–H groups in total. The quantitative estimate of drug-likeness (QED) is 0.283. The van der Waals surface area contributed by atoms with Crippen LogP contribution < -0.4 is 10.4 Å². The summed E-state index contributed by atoms with van der Waals surface area (Å²) in [6.45, 7) is 18.3. The van der Waals surface area contributed by atoms with E-state index < -0.39 is 8.80 Å². The van der Waals surface area contributed by atoms with Crippen LogP contribution in [0.3, 0.4) is 0 Å². The first-order valence-corrected chi connectivity index (χ1v) is 13.2. The van der Waals surface area contributed by atoms with Gasteiger partial charge in [-0.3, -0.25) is 0 Å². The summed E-state index contributed by atoms with van der Waals surface area (Å²) in [5.41, 5.74) is 13.4. The van der Waals surface area contributed by atoms with Gasteiger partial charge in [0, 0.05) is 0 Å². The van der Waals surface area contributed by atoms with Gasteiger partial charge in [-0.2, -0.15) is 27.8 Å². The van der Waals surface area contributed by atoms with E-state index in [-0.39, 0.29) is 36.6 Å². The SMILES string of the molecule is CCc1cc(CC)cc([SiH](Cc2c(C)c(C)c(C)[c-]2C)c2ccc(C)cc2C)c1.[CH3-].[CH3-].[Ti+3]. The Morgan fingerprint density at radius 2 is 1.34 bits per heavy atom. The van der Waals surface area contributed by atoms with Crippen molar-refractivity contribution in [3.8, 4) is 0 Å². The number of hydrogen-bond acceptors (Lipinski definition) is 0. The van der Waals surface area contributed by atoms with Crippen molar-refractivity contribution in [1.29, 1.82) is 0 Å². The summed E-state index contributed by atoms with van der Waals surface area (Å²) >= 11 is 0. The van der Waals surface area contributed by atoms with Gasteiger partial charge in [0.25, 0.3) is 0 Å². The first kappa shape index (κ1) is 30.7. The fraction of sp³-hybridized carbons (Fsp3) is 0.367. The topological polar surface area (TPSA) is 0 Å². The Morgan fingerprint density at radius 3 is 1.78 bits per heavy atom. The number of benzene rings is 2. The summed E-state index contributed by atoms with van der Waals surface area (Å²) in [5, 5.41) is 3.23. The second-order valence-electron chi connectivity index (χ2n) is 8.89. The molecule has 32 heavy (non-hydrogen) atoms. The van der Waals surface area contributed by atoms with Crippen LogP contribution in [0.1, 0.15) is 63.9 Å². The van der Waals surface area contributed by atoms with E-state index in [0.717, 1.165) is 12.8 Å². The van der Waals surface area contributed by atoms with Gasteiger partial charge in [0.15, 0.2) is 0 Å². The molecule has 3 aromatic carbocycles. The normalized spacial score (nSPS) is 11.2. The molecule has 0 heterocycles. The first-order valence-electron chi connectivity index (χ1n) is 11.2. The van der Waals surface area contributed by atoms with Gasteiger partial charge in [0.2, 0.25) is 0 Å². The zero-order valence-corrected chi connectivity index (χ0v) is 24.9. The standard InChI is InChI=1S/C28H37Si.2CH3.Ti/c1-9-24-14-25(10-2)16-26(15-24)29(28-12-11-18(3)13-19(28)4)17-27-22(7)20(5)21(6)23(27)8;;;/h11-16,29H,9-10,17H2,1-8H3;2*1H3;/q3*-1;+3. The van der Waals surface area contributed by atoms with Crippen LogP contribution >= 0.6 is 0 Å². The maximum atomic E-state index is 2.52. The van der Waals surface area contributed by atoms with Crippen molar-refractivity contribution < 1.29 is 21.7 Å². The van der Waals surface area contributed by atoms with Crippen molar-refractivity contribution >= 4 is 19.2 Å².